The van der Waals surface area contributed by atoms with Crippen molar-refractivity contribution in [2.45, 2.75) is 13.5 Å². The van der Waals surface area contributed by atoms with Crippen molar-refractivity contribution < 1.29 is 9.36 Å². The van der Waals surface area contributed by atoms with E-state index in [1.165, 1.54) is 0 Å². The van der Waals surface area contributed by atoms with E-state index in [0.29, 0.717) is 0 Å². The molecule has 4 nitrogen and oxygen atoms in total. The second-order valence-corrected chi connectivity index (χ2v) is 3.14. The molecule has 0 atom stereocenters. The minimum absolute atomic E-state index is 0.0337. The molecule has 0 radical (unpaired) electrons. The number of carbonyl (C=O) groups excluding carboxylic acids is 1. The average Bonchev–Trinajstić information content (AvgIpc) is 2.19. The van der Waals surface area contributed by atoms with Gasteiger partial charge < -0.3 is 5.73 Å². The summed E-state index contributed by atoms with van der Waals surface area (Å²) < 4.78 is 1.70. The van der Waals surface area contributed by atoms with Crippen LogP contribution in [-0.2, 0) is 11.3 Å². The summed E-state index contributed by atoms with van der Waals surface area (Å²) in [6.07, 6.45) is 3.53. The largest absolute Gasteiger partial charge is 0.401 e. The molecule has 1 aromatic heterocycles. The molecule has 0 saturated carbocycles. The zero-order chi connectivity index (χ0) is 11.3. The standard InChI is InChI=1S/C11H11N3O/c1-9(13)10(7-12)11(15)8-14-5-3-2-4-6-14/h2-6H,8H2,1H3,(H-,13,15)/p+1. The molecule has 0 aliphatic carbocycles. The van der Waals surface area contributed by atoms with Crippen molar-refractivity contribution in [2.24, 2.45) is 5.73 Å². The van der Waals surface area contributed by atoms with E-state index in [-0.39, 0.29) is 23.6 Å². The van der Waals surface area contributed by atoms with Gasteiger partial charge in [0, 0.05) is 17.8 Å². The van der Waals surface area contributed by atoms with Gasteiger partial charge in [-0.2, -0.15) is 9.83 Å². The quantitative estimate of drug-likeness (QED) is 0.435. The van der Waals surface area contributed by atoms with Crippen LogP contribution in [0.3, 0.4) is 0 Å². The summed E-state index contributed by atoms with van der Waals surface area (Å²) in [6, 6.07) is 7.31. The summed E-state index contributed by atoms with van der Waals surface area (Å²) in [6.45, 7) is 1.68. The molecule has 1 heterocycles. The first-order chi connectivity index (χ1) is 7.15. The number of aromatic nitrogens is 1. The van der Waals surface area contributed by atoms with E-state index in [2.05, 4.69) is 0 Å². The average molecular weight is 202 g/mol. The molecule has 0 aliphatic rings. The highest BCUT2D eigenvalue weighted by atomic mass is 16.1. The van der Waals surface area contributed by atoms with Gasteiger partial charge in [-0.05, 0) is 6.92 Å². The molecule has 0 aromatic carbocycles. The predicted molar refractivity (Wildman–Crippen MR) is 54.1 cm³/mol. The summed E-state index contributed by atoms with van der Waals surface area (Å²) in [5.41, 5.74) is 5.73. The van der Waals surface area contributed by atoms with Gasteiger partial charge in [0.25, 0.3) is 0 Å². The lowest BCUT2D eigenvalue weighted by Gasteiger charge is -1.97. The van der Waals surface area contributed by atoms with Crippen LogP contribution < -0.4 is 10.3 Å². The minimum Gasteiger partial charge on any atom is -0.401 e. The first-order valence-electron chi connectivity index (χ1n) is 4.49. The molecule has 4 heteroatoms. The van der Waals surface area contributed by atoms with E-state index in [9.17, 15) is 4.79 Å². The van der Waals surface area contributed by atoms with Crippen molar-refractivity contribution in [3.8, 4) is 6.07 Å². The van der Waals surface area contributed by atoms with Crippen LogP contribution in [-0.4, -0.2) is 5.78 Å². The number of allylic oxidation sites excluding steroid dienone is 2. The maximum absolute atomic E-state index is 11.6. The Morgan fingerprint density at radius 1 is 1.40 bits per heavy atom. The maximum Gasteiger partial charge on any atom is 0.239 e. The van der Waals surface area contributed by atoms with Crippen molar-refractivity contribution in [1.29, 1.82) is 5.26 Å². The third-order valence-electron chi connectivity index (χ3n) is 1.89. The van der Waals surface area contributed by atoms with Gasteiger partial charge in [-0.1, -0.05) is 6.07 Å². The fourth-order valence-electron chi connectivity index (χ4n) is 1.16. The summed E-state index contributed by atoms with van der Waals surface area (Å²) in [5, 5.41) is 8.73. The van der Waals surface area contributed by atoms with Crippen LogP contribution in [0.25, 0.3) is 0 Å². The second-order valence-electron chi connectivity index (χ2n) is 3.14. The lowest BCUT2D eigenvalue weighted by Crippen LogP contribution is -2.37. The molecule has 0 aliphatic heterocycles. The summed E-state index contributed by atoms with van der Waals surface area (Å²) in [4.78, 5) is 11.6. The Morgan fingerprint density at radius 3 is 2.47 bits per heavy atom. The predicted octanol–water partition coefficient (Wildman–Crippen LogP) is 0.299. The number of ketones is 1. The zero-order valence-electron chi connectivity index (χ0n) is 8.47. The van der Waals surface area contributed by atoms with Gasteiger partial charge in [0.1, 0.15) is 11.6 Å². The van der Waals surface area contributed by atoms with Gasteiger partial charge in [0.2, 0.25) is 12.3 Å². The smallest absolute Gasteiger partial charge is 0.239 e. The normalized spacial score (nSPS) is 11.5. The van der Waals surface area contributed by atoms with Gasteiger partial charge >= 0.3 is 0 Å². The first kappa shape index (κ1) is 10.9. The fourth-order valence-corrected chi connectivity index (χ4v) is 1.16. The third-order valence-corrected chi connectivity index (χ3v) is 1.89. The third kappa shape index (κ3) is 2.92. The van der Waals surface area contributed by atoms with Gasteiger partial charge in [-0.15, -0.1) is 0 Å². The van der Waals surface area contributed by atoms with Crippen LogP contribution in [0.15, 0.2) is 41.9 Å². The summed E-state index contributed by atoms with van der Waals surface area (Å²) in [7, 11) is 0. The lowest BCUT2D eigenvalue weighted by atomic mass is 10.1. The molecule has 76 valence electrons. The number of nitrogens with zero attached hydrogens (tertiary/aromatic N) is 2. The topological polar surface area (TPSA) is 70.8 Å². The van der Waals surface area contributed by atoms with Crippen LogP contribution in [0.2, 0.25) is 0 Å². The number of Topliss-reactive ketones (excluding diaryl/α,β-unsaturated/α-hetero) is 1. The van der Waals surface area contributed by atoms with Gasteiger partial charge in [0.15, 0.2) is 12.4 Å². The SMILES string of the molecule is C/C(N)=C(\C#N)C(=O)C[n+]1ccccc1. The maximum atomic E-state index is 11.6. The molecular weight excluding hydrogens is 190 g/mol. The van der Waals surface area contributed by atoms with Crippen molar-refractivity contribution in [1.82, 2.24) is 0 Å². The number of nitriles is 1. The Kier molecular flexibility index (Phi) is 3.58. The molecular formula is C11H12N3O+. The molecule has 0 saturated heterocycles. The van der Waals surface area contributed by atoms with Crippen LogP contribution in [0.1, 0.15) is 6.92 Å². The van der Waals surface area contributed by atoms with Crippen LogP contribution in [0.5, 0.6) is 0 Å². The number of carbonyl (C=O) groups is 1. The molecule has 0 unspecified atom stereocenters. The monoisotopic (exact) mass is 202 g/mol. The number of nitrogens with two attached hydrogens (primary N) is 1. The number of hydrogen-bond donors (Lipinski definition) is 1. The zero-order valence-corrected chi connectivity index (χ0v) is 8.47. The second kappa shape index (κ2) is 4.91. The fraction of sp³-hybridized carbons (Fsp3) is 0.182. The highest BCUT2D eigenvalue weighted by molar-refractivity contribution is 5.98. The molecule has 0 amide bonds. The Labute approximate surface area is 88.3 Å². The van der Waals surface area contributed by atoms with Crippen LogP contribution in [0.4, 0.5) is 0 Å². The van der Waals surface area contributed by atoms with Gasteiger partial charge in [-0.3, -0.25) is 4.79 Å². The first-order valence-corrected chi connectivity index (χ1v) is 4.49. The Balaban J connectivity index is 2.82. The minimum atomic E-state index is -0.270. The van der Waals surface area contributed by atoms with Crippen molar-refractivity contribution in [3.05, 3.63) is 41.9 Å². The molecule has 15 heavy (non-hydrogen) atoms. The Bertz CT molecular complexity index is 425. The highest BCUT2D eigenvalue weighted by Gasteiger charge is 2.15. The van der Waals surface area contributed by atoms with Gasteiger partial charge in [-0.25, -0.2) is 0 Å². The van der Waals surface area contributed by atoms with E-state index in [1.54, 1.807) is 23.9 Å². The molecule has 0 spiro atoms. The van der Waals surface area contributed by atoms with E-state index < -0.39 is 0 Å². The highest BCUT2D eigenvalue weighted by Crippen LogP contribution is 1.98. The van der Waals surface area contributed by atoms with Crippen molar-refractivity contribution >= 4 is 5.78 Å². The molecule has 0 bridgehead atoms. The molecule has 2 N–H and O–H groups in total. The van der Waals surface area contributed by atoms with Crippen LogP contribution in [0, 0.1) is 11.3 Å². The molecule has 1 rings (SSSR count). The van der Waals surface area contributed by atoms with Crippen LogP contribution >= 0.6 is 0 Å². The van der Waals surface area contributed by atoms with Gasteiger partial charge in [0.05, 0.1) is 0 Å². The van der Waals surface area contributed by atoms with E-state index in [1.807, 2.05) is 24.3 Å². The van der Waals surface area contributed by atoms with E-state index >= 15 is 0 Å². The summed E-state index contributed by atoms with van der Waals surface area (Å²) >= 11 is 0. The molecule has 1 aromatic rings. The Hall–Kier alpha value is -2.15. The van der Waals surface area contributed by atoms with Crippen molar-refractivity contribution in [3.63, 3.8) is 0 Å². The van der Waals surface area contributed by atoms with Crippen molar-refractivity contribution in [2.75, 3.05) is 0 Å². The number of hydrogen-bond acceptors (Lipinski definition) is 3. The van der Waals surface area contributed by atoms with E-state index in [0.717, 1.165) is 0 Å². The number of pyridine rings is 1. The lowest BCUT2D eigenvalue weighted by molar-refractivity contribution is -0.684. The number of rotatable bonds is 3. The molecule has 0 fully saturated rings. The summed E-state index contributed by atoms with van der Waals surface area (Å²) in [5.74, 6) is -0.270. The van der Waals surface area contributed by atoms with E-state index in [4.69, 9.17) is 11.0 Å². The Morgan fingerprint density at radius 2 is 2.00 bits per heavy atom.